The number of halogens is 2. The molecular formula is C29H24Cl2N2O8. The van der Waals surface area contributed by atoms with Gasteiger partial charge in [-0.15, -0.1) is 20.5 Å². The van der Waals surface area contributed by atoms with Crippen molar-refractivity contribution in [3.63, 3.8) is 0 Å². The zero-order chi connectivity index (χ0) is 30.0. The predicted molar refractivity (Wildman–Crippen MR) is 128 cm³/mol. The van der Waals surface area contributed by atoms with Crippen LogP contribution in [-0.2, 0) is 0 Å². The van der Waals surface area contributed by atoms with Crippen LogP contribution in [0.5, 0.6) is 0 Å². The van der Waals surface area contributed by atoms with Crippen LogP contribution in [0.2, 0.25) is 0 Å². The summed E-state index contributed by atoms with van der Waals surface area (Å²) in [4.78, 5) is 3.04. The molecule has 3 aromatic heterocycles. The molecule has 0 unspecified atom stereocenters. The average Bonchev–Trinajstić information content (AvgIpc) is 2.92. The van der Waals surface area contributed by atoms with Crippen molar-refractivity contribution in [2.45, 2.75) is 6.92 Å². The molecule has 0 bridgehead atoms. The van der Waals surface area contributed by atoms with E-state index in [9.17, 15) is 0 Å². The van der Waals surface area contributed by atoms with Gasteiger partial charge in [0.05, 0.1) is 5.39 Å². The Morgan fingerprint density at radius 2 is 1.10 bits per heavy atom. The first-order valence-electron chi connectivity index (χ1n) is 11.8. The number of hydrogen-bond donors (Lipinski definition) is 0. The lowest BCUT2D eigenvalue weighted by Crippen LogP contribution is -2.68. The van der Waals surface area contributed by atoms with Crippen LogP contribution in [0.4, 0.5) is 0 Å². The standard InChI is InChI=1S/C20H16N.C9H7N.2ClHO4/c1-15-13-18(16-7-3-2-4-8-16)14-20-19-10-6-5-9-17(19)11-12-21(15)20;1-2-4-9-7-10-6-5-8(9)3-1;2*2-1(3,4)5/h2-14H,1H3;1-7H;2*(H,2,3,4,5)/q+1;;;/p-1. The lowest BCUT2D eigenvalue weighted by Gasteiger charge is -2.17. The normalized spacial score (nSPS) is 11.0. The third kappa shape index (κ3) is 11.0. The molecule has 6 rings (SSSR count). The number of fused-ring (bicyclic) bond motifs is 4. The summed E-state index contributed by atoms with van der Waals surface area (Å²) >= 11 is 0. The number of hydrogen-bond acceptors (Lipinski definition) is 8. The number of aryl methyl sites for hydroxylation is 1. The third-order valence-electron chi connectivity index (χ3n) is 5.64. The topological polar surface area (TPSA) is 203 Å². The van der Waals surface area contributed by atoms with E-state index in [-0.39, 0.29) is 0 Å². The van der Waals surface area contributed by atoms with Crippen LogP contribution in [0.15, 0.2) is 122 Å². The van der Waals surface area contributed by atoms with E-state index in [2.05, 4.69) is 114 Å². The van der Waals surface area contributed by atoms with Crippen molar-refractivity contribution >= 4 is 27.1 Å². The molecule has 0 radical (unpaired) electrons. The van der Waals surface area contributed by atoms with E-state index in [4.69, 9.17) is 37.3 Å². The summed E-state index contributed by atoms with van der Waals surface area (Å²) in [6.45, 7) is 2.16. The maximum atomic E-state index is 8.49. The predicted octanol–water partition coefficient (Wildman–Crippen LogP) is -3.30. The fourth-order valence-corrected chi connectivity index (χ4v) is 4.05. The summed E-state index contributed by atoms with van der Waals surface area (Å²) in [5, 5.41) is 5.11. The molecule has 12 heteroatoms. The van der Waals surface area contributed by atoms with Gasteiger partial charge in [-0.25, -0.2) is 42.3 Å². The molecular weight excluding hydrogens is 575 g/mol. The minimum Gasteiger partial charge on any atom is -0.222 e. The third-order valence-corrected chi connectivity index (χ3v) is 5.64. The van der Waals surface area contributed by atoms with Gasteiger partial charge in [0, 0.05) is 36.6 Å². The summed E-state index contributed by atoms with van der Waals surface area (Å²) in [6.07, 6.45) is 6.08. The second-order valence-electron chi connectivity index (χ2n) is 8.44. The highest BCUT2D eigenvalue weighted by Crippen LogP contribution is 2.24. The highest BCUT2D eigenvalue weighted by atomic mass is 35.7. The highest BCUT2D eigenvalue weighted by Gasteiger charge is 2.13. The van der Waals surface area contributed by atoms with E-state index in [0.29, 0.717) is 0 Å². The minimum absolute atomic E-state index is 1.25. The van der Waals surface area contributed by atoms with Gasteiger partial charge in [-0.3, -0.25) is 0 Å². The second kappa shape index (κ2) is 14.2. The molecule has 6 aromatic rings. The first-order chi connectivity index (χ1) is 19.3. The van der Waals surface area contributed by atoms with Gasteiger partial charge in [0.2, 0.25) is 5.52 Å². The van der Waals surface area contributed by atoms with Crippen molar-refractivity contribution in [1.29, 1.82) is 0 Å². The Hall–Kier alpha value is -3.78. The molecule has 0 spiro atoms. The SMILES string of the molecule is Cc1cc(-c2ccccc2)cc2c3ccccc3cc[n+]12.[O-][Cl+3]([O-])([O-])[O-].[O-][Cl+3]([O-])([O-])[O-].c1ccc2c[nH+]ccc2c1. The number of rotatable bonds is 1. The average molecular weight is 599 g/mol. The van der Waals surface area contributed by atoms with Gasteiger partial charge in [-0.1, -0.05) is 66.7 Å². The molecule has 1 N–H and O–H groups in total. The van der Waals surface area contributed by atoms with Gasteiger partial charge in [-0.05, 0) is 34.0 Å². The number of pyridine rings is 3. The fraction of sp³-hybridized carbons (Fsp3) is 0.0345. The van der Waals surface area contributed by atoms with Gasteiger partial charge >= 0.3 is 0 Å². The van der Waals surface area contributed by atoms with Crippen LogP contribution in [0, 0.1) is 27.4 Å². The van der Waals surface area contributed by atoms with Gasteiger partial charge in [-0.2, -0.15) is 4.40 Å². The Balaban J connectivity index is 0.000000191. The zero-order valence-electron chi connectivity index (χ0n) is 21.5. The van der Waals surface area contributed by atoms with E-state index < -0.39 is 20.5 Å². The van der Waals surface area contributed by atoms with Crippen LogP contribution >= 0.6 is 0 Å². The van der Waals surface area contributed by atoms with Crippen molar-refractivity contribution in [3.8, 4) is 11.1 Å². The summed E-state index contributed by atoms with van der Waals surface area (Å²) < 4.78 is 70.2. The van der Waals surface area contributed by atoms with Gasteiger partial charge < -0.3 is 0 Å². The van der Waals surface area contributed by atoms with E-state index >= 15 is 0 Å². The molecule has 0 aliphatic rings. The van der Waals surface area contributed by atoms with E-state index in [1.165, 1.54) is 43.9 Å². The van der Waals surface area contributed by atoms with Crippen LogP contribution < -0.4 is 46.7 Å². The number of nitrogens with one attached hydrogen (secondary N) is 1. The maximum Gasteiger partial charge on any atom is 0.219 e. The van der Waals surface area contributed by atoms with E-state index in [0.717, 1.165) is 0 Å². The second-order valence-corrected chi connectivity index (χ2v) is 9.95. The maximum absolute atomic E-state index is 8.49. The number of aromatic nitrogens is 2. The number of benzene rings is 3. The summed E-state index contributed by atoms with van der Waals surface area (Å²) in [5.41, 5.74) is 5.03. The summed E-state index contributed by atoms with van der Waals surface area (Å²) in [6, 6.07) is 36.2. The Bertz CT molecular complexity index is 1620. The molecule has 41 heavy (non-hydrogen) atoms. The molecule has 0 fully saturated rings. The summed E-state index contributed by atoms with van der Waals surface area (Å²) in [5.74, 6) is 0. The first-order valence-corrected chi connectivity index (χ1v) is 14.2. The molecule has 3 heterocycles. The largest absolute Gasteiger partial charge is 0.222 e. The Morgan fingerprint density at radius 1 is 0.561 bits per heavy atom. The monoisotopic (exact) mass is 598 g/mol. The van der Waals surface area contributed by atoms with Crippen LogP contribution in [0.25, 0.3) is 38.2 Å². The molecule has 0 atom stereocenters. The highest BCUT2D eigenvalue weighted by molar-refractivity contribution is 5.94. The smallest absolute Gasteiger partial charge is 0.219 e. The molecule has 0 saturated heterocycles. The number of H-pyrrole nitrogens is 1. The first kappa shape index (κ1) is 31.7. The van der Waals surface area contributed by atoms with E-state index in [1.54, 1.807) is 0 Å². The molecule has 212 valence electrons. The van der Waals surface area contributed by atoms with Gasteiger partial charge in [0.25, 0.3) is 0 Å². The molecule has 0 aliphatic heterocycles. The lowest BCUT2D eigenvalue weighted by atomic mass is 10.0. The molecule has 0 aliphatic carbocycles. The van der Waals surface area contributed by atoms with Crippen molar-refractivity contribution in [2.24, 2.45) is 0 Å². The molecule has 0 saturated carbocycles. The summed E-state index contributed by atoms with van der Waals surface area (Å²) in [7, 11) is -9.89. The Morgan fingerprint density at radius 3 is 1.71 bits per heavy atom. The van der Waals surface area contributed by atoms with Gasteiger partial charge in [0.1, 0.15) is 0 Å². The quantitative estimate of drug-likeness (QED) is 0.138. The van der Waals surface area contributed by atoms with Crippen molar-refractivity contribution in [2.75, 3.05) is 0 Å². The molecule has 3 aromatic carbocycles. The van der Waals surface area contributed by atoms with E-state index in [1.807, 2.05) is 24.5 Å². The molecule has 0 amide bonds. The zero-order valence-corrected chi connectivity index (χ0v) is 23.0. The molecule has 10 nitrogen and oxygen atoms in total. The Labute approximate surface area is 239 Å². The van der Waals surface area contributed by atoms with Crippen LogP contribution in [0.3, 0.4) is 0 Å². The van der Waals surface area contributed by atoms with Crippen molar-refractivity contribution < 1.29 is 67.1 Å². The van der Waals surface area contributed by atoms with Crippen molar-refractivity contribution in [3.05, 3.63) is 127 Å². The number of nitrogens with zero attached hydrogens (tertiary/aromatic N) is 1. The minimum atomic E-state index is -4.94. The fourth-order valence-electron chi connectivity index (χ4n) is 4.05. The van der Waals surface area contributed by atoms with Gasteiger partial charge in [0.15, 0.2) is 24.3 Å². The van der Waals surface area contributed by atoms with Crippen LogP contribution in [0.1, 0.15) is 5.69 Å². The van der Waals surface area contributed by atoms with Crippen molar-refractivity contribution in [1.82, 2.24) is 0 Å². The Kier molecular flexibility index (Phi) is 11.0. The number of aromatic amines is 1. The lowest BCUT2D eigenvalue weighted by molar-refractivity contribution is -2.00. The van der Waals surface area contributed by atoms with Crippen LogP contribution in [-0.4, -0.2) is 0 Å².